The van der Waals surface area contributed by atoms with Crippen LogP contribution in [0.1, 0.15) is 48.9 Å². The predicted octanol–water partition coefficient (Wildman–Crippen LogP) is 14.5. The molecule has 0 atom stereocenters. The van der Waals surface area contributed by atoms with Crippen molar-refractivity contribution in [2.75, 3.05) is 4.90 Å². The van der Waals surface area contributed by atoms with Crippen LogP contribution < -0.4 is 4.90 Å². The van der Waals surface area contributed by atoms with Gasteiger partial charge in [-0.25, -0.2) is 0 Å². The first-order chi connectivity index (χ1) is 26.5. The zero-order valence-corrected chi connectivity index (χ0v) is 31.0. The van der Waals surface area contributed by atoms with Crippen molar-refractivity contribution >= 4 is 27.8 Å². The molecule has 0 aromatic heterocycles. The summed E-state index contributed by atoms with van der Waals surface area (Å²) in [5.41, 5.74) is 19.4. The van der Waals surface area contributed by atoms with Gasteiger partial charge >= 0.3 is 0 Å². The van der Waals surface area contributed by atoms with Crippen molar-refractivity contribution in [2.45, 2.75) is 44.9 Å². The van der Waals surface area contributed by atoms with Gasteiger partial charge in [-0.15, -0.1) is 0 Å². The van der Waals surface area contributed by atoms with E-state index in [1.807, 2.05) is 0 Å². The van der Waals surface area contributed by atoms with E-state index >= 15 is 0 Å². The summed E-state index contributed by atoms with van der Waals surface area (Å²) in [5.74, 6) is 0. The second-order valence-corrected chi connectivity index (χ2v) is 15.6. The molecule has 10 rings (SSSR count). The van der Waals surface area contributed by atoms with Gasteiger partial charge in [0.05, 0.1) is 5.69 Å². The van der Waals surface area contributed by atoms with Crippen molar-refractivity contribution in [3.05, 3.63) is 198 Å². The number of anilines is 3. The molecule has 1 nitrogen and oxygen atoms in total. The van der Waals surface area contributed by atoms with Gasteiger partial charge in [0, 0.05) is 22.4 Å². The van der Waals surface area contributed by atoms with E-state index in [-0.39, 0.29) is 5.41 Å². The Morgan fingerprint density at radius 1 is 0.426 bits per heavy atom. The first-order valence-corrected chi connectivity index (χ1v) is 19.5. The molecule has 0 heterocycles. The van der Waals surface area contributed by atoms with E-state index < -0.39 is 0 Å². The fourth-order valence-electron chi connectivity index (χ4n) is 9.31. The van der Waals surface area contributed by atoms with E-state index in [9.17, 15) is 0 Å². The smallest absolute Gasteiger partial charge is 0.0543 e. The maximum Gasteiger partial charge on any atom is 0.0543 e. The number of rotatable bonds is 6. The number of nitrogens with zero attached hydrogens (tertiary/aromatic N) is 1. The molecule has 2 aliphatic rings. The zero-order valence-electron chi connectivity index (χ0n) is 31.0. The third kappa shape index (κ3) is 5.38. The van der Waals surface area contributed by atoms with Crippen molar-refractivity contribution in [3.8, 4) is 44.5 Å². The largest absolute Gasteiger partial charge is 0.310 e. The van der Waals surface area contributed by atoms with Gasteiger partial charge in [0.15, 0.2) is 0 Å². The number of hydrogen-bond acceptors (Lipinski definition) is 1. The summed E-state index contributed by atoms with van der Waals surface area (Å²) in [6, 6.07) is 65.5. The number of benzene rings is 8. The normalized spacial score (nSPS) is 14.0. The molecule has 0 fully saturated rings. The van der Waals surface area contributed by atoms with Gasteiger partial charge in [0.2, 0.25) is 0 Å². The van der Waals surface area contributed by atoms with Crippen molar-refractivity contribution in [1.29, 1.82) is 0 Å². The van der Waals surface area contributed by atoms with Crippen LogP contribution in [0, 0.1) is 0 Å². The Morgan fingerprint density at radius 3 is 1.85 bits per heavy atom. The molecular formula is C53H43N. The standard InChI is InChI=1S/C53H43N/c1-53(2)50-25-11-10-22-47(50)49-34-48(40-28-26-38(27-29-40)45-23-12-16-36-14-6-8-20-43(36)45)52(35-51(49)53)54(41-18-4-3-5-19-41)42-32-30-39(31-33-42)46-24-13-17-37-15-7-9-21-44(37)46/h3-5,7,9-13,15-19,21-35H,6,8,14,20H2,1-2H3. The highest BCUT2D eigenvalue weighted by molar-refractivity contribution is 5.98. The van der Waals surface area contributed by atoms with Crippen LogP contribution >= 0.6 is 0 Å². The minimum absolute atomic E-state index is 0.129. The second kappa shape index (κ2) is 13.0. The molecule has 1 heteroatoms. The summed E-state index contributed by atoms with van der Waals surface area (Å²) in [4.78, 5) is 2.46. The maximum absolute atomic E-state index is 2.48. The van der Waals surface area contributed by atoms with E-state index in [4.69, 9.17) is 0 Å². The summed E-state index contributed by atoms with van der Waals surface area (Å²) in [7, 11) is 0. The molecule has 0 radical (unpaired) electrons. The summed E-state index contributed by atoms with van der Waals surface area (Å²) in [5, 5.41) is 2.53. The number of hydrogen-bond donors (Lipinski definition) is 0. The third-order valence-electron chi connectivity index (χ3n) is 12.1. The molecule has 0 spiro atoms. The Kier molecular flexibility index (Phi) is 7.84. The fraction of sp³-hybridized carbons (Fsp3) is 0.132. The second-order valence-electron chi connectivity index (χ2n) is 15.6. The quantitative estimate of drug-likeness (QED) is 0.168. The number of para-hydroxylation sites is 1. The molecule has 0 N–H and O–H groups in total. The highest BCUT2D eigenvalue weighted by atomic mass is 15.1. The third-order valence-corrected chi connectivity index (χ3v) is 12.1. The van der Waals surface area contributed by atoms with Crippen LogP contribution in [0.3, 0.4) is 0 Å². The van der Waals surface area contributed by atoms with Crippen molar-refractivity contribution in [3.63, 3.8) is 0 Å². The van der Waals surface area contributed by atoms with Crippen LogP contribution in [-0.2, 0) is 18.3 Å². The molecule has 0 bridgehead atoms. The first-order valence-electron chi connectivity index (χ1n) is 19.5. The molecule has 0 saturated heterocycles. The lowest BCUT2D eigenvalue weighted by molar-refractivity contribution is 0.660. The van der Waals surface area contributed by atoms with Crippen LogP contribution in [0.2, 0.25) is 0 Å². The Bertz CT molecular complexity index is 2660. The summed E-state index contributed by atoms with van der Waals surface area (Å²) < 4.78 is 0. The van der Waals surface area contributed by atoms with Crippen molar-refractivity contribution in [1.82, 2.24) is 0 Å². The molecule has 2 aliphatic carbocycles. The highest BCUT2D eigenvalue weighted by Gasteiger charge is 2.37. The van der Waals surface area contributed by atoms with Crippen LogP contribution in [-0.4, -0.2) is 0 Å². The Balaban J connectivity index is 1.15. The van der Waals surface area contributed by atoms with Crippen LogP contribution in [0.25, 0.3) is 55.3 Å². The molecule has 8 aromatic rings. The maximum atomic E-state index is 2.48. The molecule has 0 saturated carbocycles. The SMILES string of the molecule is CC1(C)c2ccccc2-c2cc(-c3ccc(-c4cccc5c4CCCC5)cc3)c(N(c3ccccc3)c3ccc(-c4cccc5ccccc45)cc3)cc21. The van der Waals surface area contributed by atoms with E-state index in [1.54, 1.807) is 0 Å². The molecule has 0 unspecified atom stereocenters. The Morgan fingerprint density at radius 2 is 1.02 bits per heavy atom. The van der Waals surface area contributed by atoms with Gasteiger partial charge in [-0.1, -0.05) is 153 Å². The molecule has 260 valence electrons. The van der Waals surface area contributed by atoms with E-state index in [1.165, 1.54) is 109 Å². The van der Waals surface area contributed by atoms with Gasteiger partial charge in [0.1, 0.15) is 0 Å². The Hall–Kier alpha value is -6.18. The summed E-state index contributed by atoms with van der Waals surface area (Å²) >= 11 is 0. The minimum Gasteiger partial charge on any atom is -0.310 e. The molecule has 0 aliphatic heterocycles. The van der Waals surface area contributed by atoms with Gasteiger partial charge in [0.25, 0.3) is 0 Å². The molecule has 0 amide bonds. The highest BCUT2D eigenvalue weighted by Crippen LogP contribution is 2.53. The molecular weight excluding hydrogens is 651 g/mol. The van der Waals surface area contributed by atoms with Gasteiger partial charge < -0.3 is 4.90 Å². The average molecular weight is 694 g/mol. The van der Waals surface area contributed by atoms with Crippen LogP contribution in [0.4, 0.5) is 17.1 Å². The van der Waals surface area contributed by atoms with Crippen LogP contribution in [0.5, 0.6) is 0 Å². The molecule has 8 aromatic carbocycles. The lowest BCUT2D eigenvalue weighted by atomic mass is 9.81. The van der Waals surface area contributed by atoms with Crippen LogP contribution in [0.15, 0.2) is 176 Å². The fourth-order valence-corrected chi connectivity index (χ4v) is 9.31. The first kappa shape index (κ1) is 32.5. The van der Waals surface area contributed by atoms with E-state index in [0.29, 0.717) is 0 Å². The number of aryl methyl sites for hydroxylation is 1. The monoisotopic (exact) mass is 693 g/mol. The molecule has 54 heavy (non-hydrogen) atoms. The predicted molar refractivity (Wildman–Crippen MR) is 229 cm³/mol. The van der Waals surface area contributed by atoms with Crippen molar-refractivity contribution in [2.24, 2.45) is 0 Å². The lowest BCUT2D eigenvalue weighted by Crippen LogP contribution is -2.17. The topological polar surface area (TPSA) is 3.24 Å². The zero-order chi connectivity index (χ0) is 36.2. The van der Waals surface area contributed by atoms with E-state index in [2.05, 4.69) is 195 Å². The van der Waals surface area contributed by atoms with Gasteiger partial charge in [-0.2, -0.15) is 0 Å². The average Bonchev–Trinajstić information content (AvgIpc) is 3.46. The van der Waals surface area contributed by atoms with Gasteiger partial charge in [-0.05, 0) is 134 Å². The van der Waals surface area contributed by atoms with E-state index in [0.717, 1.165) is 11.4 Å². The Labute approximate surface area is 319 Å². The van der Waals surface area contributed by atoms with Gasteiger partial charge in [-0.3, -0.25) is 0 Å². The lowest BCUT2D eigenvalue weighted by Gasteiger charge is -2.30. The summed E-state index contributed by atoms with van der Waals surface area (Å²) in [6.45, 7) is 4.75. The summed E-state index contributed by atoms with van der Waals surface area (Å²) in [6.07, 6.45) is 4.93. The number of fused-ring (bicyclic) bond motifs is 5. The van der Waals surface area contributed by atoms with Crippen molar-refractivity contribution < 1.29 is 0 Å². The minimum atomic E-state index is -0.129.